The van der Waals surface area contributed by atoms with Crippen LogP contribution in [-0.4, -0.2) is 17.7 Å². The van der Waals surface area contributed by atoms with Gasteiger partial charge in [-0.2, -0.15) is 4.99 Å². The van der Waals surface area contributed by atoms with E-state index < -0.39 is 17.7 Å². The maximum Gasteiger partial charge on any atom is 0.278 e. The van der Waals surface area contributed by atoms with E-state index in [-0.39, 0.29) is 18.7 Å². The SMILES string of the molecule is Cc1ccc(C(=O)N=C(N)C2CC(F)(F)C2)cc1N. The molecular weight excluding hydrogens is 252 g/mol. The highest BCUT2D eigenvalue weighted by Gasteiger charge is 2.47. The lowest BCUT2D eigenvalue weighted by atomic mass is 9.80. The van der Waals surface area contributed by atoms with Gasteiger partial charge in [0.1, 0.15) is 5.84 Å². The number of nitrogens with two attached hydrogens (primary N) is 2. The molecule has 0 aromatic heterocycles. The van der Waals surface area contributed by atoms with E-state index in [9.17, 15) is 13.6 Å². The normalized spacial score (nSPS) is 19.0. The third-order valence-electron chi connectivity index (χ3n) is 3.27. The first kappa shape index (κ1) is 13.5. The van der Waals surface area contributed by atoms with Gasteiger partial charge in [-0.15, -0.1) is 0 Å². The predicted molar refractivity (Wildman–Crippen MR) is 69.2 cm³/mol. The number of aryl methyl sites for hydroxylation is 1. The summed E-state index contributed by atoms with van der Waals surface area (Å²) in [5.41, 5.74) is 12.9. The third kappa shape index (κ3) is 2.89. The minimum atomic E-state index is -2.68. The topological polar surface area (TPSA) is 81.5 Å². The maximum absolute atomic E-state index is 12.7. The van der Waals surface area contributed by atoms with Gasteiger partial charge in [0.2, 0.25) is 5.92 Å². The first-order valence-corrected chi connectivity index (χ1v) is 5.91. The molecule has 4 nitrogen and oxygen atoms in total. The summed E-state index contributed by atoms with van der Waals surface area (Å²) in [6, 6.07) is 4.79. The largest absolute Gasteiger partial charge is 0.398 e. The Bertz CT molecular complexity index is 547. The number of amidine groups is 1. The molecule has 0 spiro atoms. The van der Waals surface area contributed by atoms with Crippen molar-refractivity contribution in [1.29, 1.82) is 0 Å². The molecule has 1 aromatic carbocycles. The van der Waals surface area contributed by atoms with Gasteiger partial charge in [0.05, 0.1) is 0 Å². The molecule has 0 saturated heterocycles. The van der Waals surface area contributed by atoms with Crippen LogP contribution in [0.5, 0.6) is 0 Å². The Morgan fingerprint density at radius 1 is 1.42 bits per heavy atom. The van der Waals surface area contributed by atoms with Gasteiger partial charge in [-0.3, -0.25) is 4.79 Å². The van der Waals surface area contributed by atoms with E-state index >= 15 is 0 Å². The standard InChI is InChI=1S/C13H15F2N3O/c1-7-2-3-8(4-10(7)16)12(19)18-11(17)9-5-13(14,15)6-9/h2-4,9H,5-6,16H2,1H3,(H2,17,18,19). The number of amides is 1. The average Bonchev–Trinajstić information content (AvgIpc) is 2.29. The highest BCUT2D eigenvalue weighted by atomic mass is 19.3. The van der Waals surface area contributed by atoms with Gasteiger partial charge >= 0.3 is 0 Å². The molecule has 0 atom stereocenters. The van der Waals surface area contributed by atoms with Crippen molar-refractivity contribution in [3.05, 3.63) is 29.3 Å². The number of hydrogen-bond acceptors (Lipinski definition) is 2. The first-order chi connectivity index (χ1) is 8.78. The van der Waals surface area contributed by atoms with Crippen molar-refractivity contribution in [2.45, 2.75) is 25.7 Å². The number of aliphatic imine (C=N–C) groups is 1. The van der Waals surface area contributed by atoms with Crippen LogP contribution < -0.4 is 11.5 Å². The number of nitrogen functional groups attached to an aromatic ring is 1. The molecule has 102 valence electrons. The lowest BCUT2D eigenvalue weighted by Gasteiger charge is -2.34. The Morgan fingerprint density at radius 3 is 2.58 bits per heavy atom. The molecule has 0 bridgehead atoms. The molecule has 1 aliphatic rings. The molecule has 1 aromatic rings. The number of anilines is 1. The molecule has 1 amide bonds. The second-order valence-electron chi connectivity index (χ2n) is 4.87. The molecule has 0 aliphatic heterocycles. The predicted octanol–water partition coefficient (Wildman–Crippen LogP) is 2.12. The van der Waals surface area contributed by atoms with Gasteiger partial charge in [0.25, 0.3) is 5.91 Å². The minimum absolute atomic E-state index is 0.0323. The smallest absolute Gasteiger partial charge is 0.278 e. The number of alkyl halides is 2. The van der Waals surface area contributed by atoms with Crippen LogP contribution in [-0.2, 0) is 0 Å². The second kappa shape index (κ2) is 4.60. The van der Waals surface area contributed by atoms with Gasteiger partial charge in [-0.05, 0) is 24.6 Å². The number of benzene rings is 1. The van der Waals surface area contributed by atoms with Gasteiger partial charge in [-0.25, -0.2) is 8.78 Å². The molecule has 6 heteroatoms. The molecule has 1 aliphatic carbocycles. The van der Waals surface area contributed by atoms with E-state index in [0.717, 1.165) is 5.56 Å². The van der Waals surface area contributed by atoms with Crippen LogP contribution in [0.4, 0.5) is 14.5 Å². The lowest BCUT2D eigenvalue weighted by Crippen LogP contribution is -2.43. The van der Waals surface area contributed by atoms with E-state index in [0.29, 0.717) is 11.3 Å². The monoisotopic (exact) mass is 267 g/mol. The van der Waals surface area contributed by atoms with Crippen molar-refractivity contribution in [1.82, 2.24) is 0 Å². The zero-order chi connectivity index (χ0) is 14.2. The summed E-state index contributed by atoms with van der Waals surface area (Å²) in [7, 11) is 0. The fraction of sp³-hybridized carbons (Fsp3) is 0.385. The summed E-state index contributed by atoms with van der Waals surface area (Å²) in [4.78, 5) is 15.5. The summed E-state index contributed by atoms with van der Waals surface area (Å²) in [5, 5.41) is 0. The van der Waals surface area contributed by atoms with Crippen molar-refractivity contribution in [2.75, 3.05) is 5.73 Å². The summed E-state index contributed by atoms with van der Waals surface area (Å²) in [6.07, 6.45) is -0.683. The average molecular weight is 267 g/mol. The number of carbonyl (C=O) groups is 1. The minimum Gasteiger partial charge on any atom is -0.398 e. The van der Waals surface area contributed by atoms with Crippen LogP contribution in [0.2, 0.25) is 0 Å². The molecule has 4 N–H and O–H groups in total. The summed E-state index contributed by atoms with van der Waals surface area (Å²) >= 11 is 0. The Kier molecular flexibility index (Phi) is 3.26. The number of hydrogen-bond donors (Lipinski definition) is 2. The van der Waals surface area contributed by atoms with E-state index in [1.54, 1.807) is 12.1 Å². The van der Waals surface area contributed by atoms with E-state index in [1.165, 1.54) is 6.07 Å². The molecule has 0 radical (unpaired) electrons. The van der Waals surface area contributed by atoms with Crippen LogP contribution in [0, 0.1) is 12.8 Å². The molecule has 1 saturated carbocycles. The van der Waals surface area contributed by atoms with Crippen molar-refractivity contribution in [3.63, 3.8) is 0 Å². The van der Waals surface area contributed by atoms with E-state index in [4.69, 9.17) is 11.5 Å². The van der Waals surface area contributed by atoms with Crippen molar-refractivity contribution in [2.24, 2.45) is 16.6 Å². The van der Waals surface area contributed by atoms with Crippen LogP contribution in [0.3, 0.4) is 0 Å². The summed E-state index contributed by atoms with van der Waals surface area (Å²) < 4.78 is 25.4. The van der Waals surface area contributed by atoms with Gasteiger partial charge in [0.15, 0.2) is 0 Å². The third-order valence-corrected chi connectivity index (χ3v) is 3.27. The van der Waals surface area contributed by atoms with Gasteiger partial charge in [0, 0.05) is 30.0 Å². The summed E-state index contributed by atoms with van der Waals surface area (Å²) in [6.45, 7) is 1.82. The fourth-order valence-electron chi connectivity index (χ4n) is 1.92. The van der Waals surface area contributed by atoms with E-state index in [2.05, 4.69) is 4.99 Å². The Hall–Kier alpha value is -1.98. The number of halogens is 2. The molecule has 0 unspecified atom stereocenters. The van der Waals surface area contributed by atoms with Crippen molar-refractivity contribution >= 4 is 17.4 Å². The zero-order valence-electron chi connectivity index (χ0n) is 10.5. The van der Waals surface area contributed by atoms with E-state index in [1.807, 2.05) is 6.92 Å². The maximum atomic E-state index is 12.7. The quantitative estimate of drug-likeness (QED) is 0.489. The van der Waals surface area contributed by atoms with Crippen LogP contribution >= 0.6 is 0 Å². The Labute approximate surface area is 109 Å². The van der Waals surface area contributed by atoms with Crippen LogP contribution in [0.15, 0.2) is 23.2 Å². The van der Waals surface area contributed by atoms with Crippen LogP contribution in [0.25, 0.3) is 0 Å². The van der Waals surface area contributed by atoms with Gasteiger partial charge in [-0.1, -0.05) is 6.07 Å². The Morgan fingerprint density at radius 2 is 2.05 bits per heavy atom. The Balaban J connectivity index is 2.10. The van der Waals surface area contributed by atoms with Crippen molar-refractivity contribution in [3.8, 4) is 0 Å². The van der Waals surface area contributed by atoms with Crippen molar-refractivity contribution < 1.29 is 13.6 Å². The number of carbonyl (C=O) groups excluding carboxylic acids is 1. The highest BCUT2D eigenvalue weighted by Crippen LogP contribution is 2.42. The first-order valence-electron chi connectivity index (χ1n) is 5.91. The molecular formula is C13H15F2N3O. The number of nitrogens with zero attached hydrogens (tertiary/aromatic N) is 1. The molecule has 2 rings (SSSR count). The fourth-order valence-corrected chi connectivity index (χ4v) is 1.92. The lowest BCUT2D eigenvalue weighted by molar-refractivity contribution is -0.0912. The molecule has 19 heavy (non-hydrogen) atoms. The van der Waals surface area contributed by atoms with Crippen LogP contribution in [0.1, 0.15) is 28.8 Å². The zero-order valence-corrected chi connectivity index (χ0v) is 10.5. The summed E-state index contributed by atoms with van der Waals surface area (Å²) in [5.74, 6) is -3.78. The van der Waals surface area contributed by atoms with Gasteiger partial charge < -0.3 is 11.5 Å². The molecule has 1 fully saturated rings. The second-order valence-corrected chi connectivity index (χ2v) is 4.87. The number of rotatable bonds is 2. The highest BCUT2D eigenvalue weighted by molar-refractivity contribution is 6.04. The molecule has 0 heterocycles.